The van der Waals surface area contributed by atoms with Crippen LogP contribution < -0.4 is 21.5 Å². The van der Waals surface area contributed by atoms with Gasteiger partial charge in [0.25, 0.3) is 5.56 Å². The Hall–Kier alpha value is -3.39. The van der Waals surface area contributed by atoms with Crippen LogP contribution in [0.5, 0.6) is 0 Å². The largest absolute Gasteiger partial charge is 0.396 e. The van der Waals surface area contributed by atoms with Gasteiger partial charge in [0.15, 0.2) is 0 Å². The van der Waals surface area contributed by atoms with Crippen molar-refractivity contribution in [2.45, 2.75) is 32.1 Å². The van der Waals surface area contributed by atoms with Crippen LogP contribution >= 0.6 is 0 Å². The van der Waals surface area contributed by atoms with Crippen molar-refractivity contribution in [3.05, 3.63) is 92.4 Å². The summed E-state index contributed by atoms with van der Waals surface area (Å²) in [6, 6.07) is 16.1. The van der Waals surface area contributed by atoms with Gasteiger partial charge in [0.1, 0.15) is 23.5 Å². The molecule has 1 unspecified atom stereocenters. The zero-order chi connectivity index (χ0) is 22.0. The van der Waals surface area contributed by atoms with E-state index >= 15 is 0 Å². The smallest absolute Gasteiger partial charge is 0.332 e. The highest BCUT2D eigenvalue weighted by Crippen LogP contribution is 2.32. The summed E-state index contributed by atoms with van der Waals surface area (Å²) >= 11 is 0. The molecule has 0 fully saturated rings. The maximum absolute atomic E-state index is 13.7. The number of aromatic nitrogens is 2. The summed E-state index contributed by atoms with van der Waals surface area (Å²) in [6.45, 7) is 0.484. The summed E-state index contributed by atoms with van der Waals surface area (Å²) in [4.78, 5) is 28.0. The maximum Gasteiger partial charge on any atom is 0.332 e. The van der Waals surface area contributed by atoms with Gasteiger partial charge in [-0.3, -0.25) is 13.9 Å². The lowest BCUT2D eigenvalue weighted by molar-refractivity contribution is 0.277. The third kappa shape index (κ3) is 4.11. The van der Waals surface area contributed by atoms with E-state index in [1.807, 2.05) is 41.3 Å². The first-order valence-electron chi connectivity index (χ1n) is 10.3. The van der Waals surface area contributed by atoms with E-state index in [2.05, 4.69) is 5.32 Å². The van der Waals surface area contributed by atoms with Gasteiger partial charge < -0.3 is 15.3 Å². The lowest BCUT2D eigenvalue weighted by Gasteiger charge is -2.26. The summed E-state index contributed by atoms with van der Waals surface area (Å²) in [7, 11) is 1.62. The van der Waals surface area contributed by atoms with E-state index in [1.54, 1.807) is 13.1 Å². The first-order valence-corrected chi connectivity index (χ1v) is 10.3. The Labute approximate surface area is 179 Å². The first kappa shape index (κ1) is 20.9. The van der Waals surface area contributed by atoms with Crippen molar-refractivity contribution in [3.63, 3.8) is 0 Å². The van der Waals surface area contributed by atoms with Crippen LogP contribution in [0.2, 0.25) is 0 Å². The summed E-state index contributed by atoms with van der Waals surface area (Å²) in [5.74, 6) is 0.133. The SMILES string of the molecule is Cn1c2c(c(=O)n(CCCO)c1=O)N(Cc1ccccc1)C(Cc1cccc(F)c1)N2. The molecule has 7 nitrogen and oxygen atoms in total. The number of aliphatic hydroxyl groups is 1. The van der Waals surface area contributed by atoms with Gasteiger partial charge in [-0.2, -0.15) is 0 Å². The van der Waals surface area contributed by atoms with Gasteiger partial charge in [-0.1, -0.05) is 42.5 Å². The zero-order valence-electron chi connectivity index (χ0n) is 17.3. The molecule has 2 aromatic carbocycles. The third-order valence-corrected chi connectivity index (χ3v) is 5.55. The van der Waals surface area contributed by atoms with E-state index in [4.69, 9.17) is 5.11 Å². The van der Waals surface area contributed by atoms with Crippen LogP contribution in [0.4, 0.5) is 15.9 Å². The molecule has 1 aliphatic heterocycles. The third-order valence-electron chi connectivity index (χ3n) is 5.55. The van der Waals surface area contributed by atoms with E-state index < -0.39 is 11.2 Å². The van der Waals surface area contributed by atoms with Gasteiger partial charge in [0.2, 0.25) is 0 Å². The number of nitrogens with one attached hydrogen (secondary N) is 1. The fourth-order valence-electron chi connectivity index (χ4n) is 4.01. The van der Waals surface area contributed by atoms with Crippen molar-refractivity contribution in [2.75, 3.05) is 16.8 Å². The van der Waals surface area contributed by atoms with Crippen molar-refractivity contribution in [3.8, 4) is 0 Å². The standard InChI is InChI=1S/C23H25FN4O3/c1-26-21-20(22(30)27(23(26)31)11-6-12-29)28(15-16-7-3-2-4-8-16)19(25-21)14-17-9-5-10-18(24)13-17/h2-5,7-10,13,19,25,29H,6,11-12,14-15H2,1H3. The van der Waals surface area contributed by atoms with E-state index in [0.717, 1.165) is 11.1 Å². The minimum atomic E-state index is -0.434. The fourth-order valence-corrected chi connectivity index (χ4v) is 4.01. The second kappa shape index (κ2) is 8.77. The number of anilines is 2. The van der Waals surface area contributed by atoms with Gasteiger partial charge in [-0.15, -0.1) is 0 Å². The Kier molecular flexibility index (Phi) is 5.90. The molecule has 162 valence electrons. The molecule has 4 rings (SSSR count). The summed E-state index contributed by atoms with van der Waals surface area (Å²) in [5.41, 5.74) is 1.38. The normalized spacial score (nSPS) is 15.1. The number of nitrogens with zero attached hydrogens (tertiary/aromatic N) is 3. The van der Waals surface area contributed by atoms with Crippen molar-refractivity contribution in [2.24, 2.45) is 7.05 Å². The monoisotopic (exact) mass is 424 g/mol. The van der Waals surface area contributed by atoms with Gasteiger partial charge in [-0.25, -0.2) is 9.18 Å². The summed E-state index contributed by atoms with van der Waals surface area (Å²) < 4.78 is 16.3. The van der Waals surface area contributed by atoms with Crippen LogP contribution in [0.25, 0.3) is 0 Å². The molecule has 2 heterocycles. The summed E-state index contributed by atoms with van der Waals surface area (Å²) in [5, 5.41) is 12.5. The average Bonchev–Trinajstić information content (AvgIpc) is 3.11. The second-order valence-corrected chi connectivity index (χ2v) is 7.68. The van der Waals surface area contributed by atoms with Crippen molar-refractivity contribution < 1.29 is 9.50 Å². The number of hydrogen-bond acceptors (Lipinski definition) is 5. The average molecular weight is 424 g/mol. The number of halogens is 1. The Morgan fingerprint density at radius 2 is 1.81 bits per heavy atom. The van der Waals surface area contributed by atoms with Crippen LogP contribution in [-0.4, -0.2) is 27.0 Å². The van der Waals surface area contributed by atoms with Crippen LogP contribution in [-0.2, 0) is 26.6 Å². The molecule has 8 heteroatoms. The Balaban J connectivity index is 1.79. The number of benzene rings is 2. The van der Waals surface area contributed by atoms with E-state index in [-0.39, 0.29) is 25.1 Å². The Bertz CT molecular complexity index is 1190. The van der Waals surface area contributed by atoms with Crippen LogP contribution in [0.15, 0.2) is 64.2 Å². The highest BCUT2D eigenvalue weighted by Gasteiger charge is 2.35. The molecule has 3 aromatic rings. The molecule has 0 saturated carbocycles. The Morgan fingerprint density at radius 3 is 2.52 bits per heavy atom. The minimum absolute atomic E-state index is 0.110. The highest BCUT2D eigenvalue weighted by atomic mass is 19.1. The van der Waals surface area contributed by atoms with E-state index in [0.29, 0.717) is 30.9 Å². The molecule has 1 aliphatic rings. The van der Waals surface area contributed by atoms with Gasteiger partial charge in [0.05, 0.1) is 0 Å². The molecule has 1 aromatic heterocycles. The van der Waals surface area contributed by atoms with Gasteiger partial charge in [-0.05, 0) is 29.7 Å². The quantitative estimate of drug-likeness (QED) is 0.607. The first-order chi connectivity index (χ1) is 15.0. The second-order valence-electron chi connectivity index (χ2n) is 7.68. The van der Waals surface area contributed by atoms with Crippen LogP contribution in [0, 0.1) is 5.82 Å². The van der Waals surface area contributed by atoms with Crippen molar-refractivity contribution in [1.29, 1.82) is 0 Å². The maximum atomic E-state index is 13.7. The highest BCUT2D eigenvalue weighted by molar-refractivity contribution is 5.72. The predicted octanol–water partition coefficient (Wildman–Crippen LogP) is 2.07. The zero-order valence-corrected chi connectivity index (χ0v) is 17.3. The molecule has 2 N–H and O–H groups in total. The number of aliphatic hydroxyl groups excluding tert-OH is 1. The van der Waals surface area contributed by atoms with E-state index in [9.17, 15) is 14.0 Å². The van der Waals surface area contributed by atoms with Crippen LogP contribution in [0.3, 0.4) is 0 Å². The predicted molar refractivity (Wildman–Crippen MR) is 118 cm³/mol. The van der Waals surface area contributed by atoms with Crippen molar-refractivity contribution >= 4 is 11.5 Å². The molecule has 0 bridgehead atoms. The lowest BCUT2D eigenvalue weighted by Crippen LogP contribution is -2.42. The number of rotatable bonds is 7. The molecule has 0 spiro atoms. The molecule has 0 saturated heterocycles. The minimum Gasteiger partial charge on any atom is -0.396 e. The molecule has 0 aliphatic carbocycles. The molecule has 0 amide bonds. The Morgan fingerprint density at radius 1 is 1.06 bits per heavy atom. The molecule has 1 atom stereocenters. The molecule has 0 radical (unpaired) electrons. The van der Waals surface area contributed by atoms with Crippen molar-refractivity contribution in [1.82, 2.24) is 9.13 Å². The van der Waals surface area contributed by atoms with Crippen LogP contribution in [0.1, 0.15) is 17.5 Å². The number of fused-ring (bicyclic) bond motifs is 1. The fraction of sp³-hybridized carbons (Fsp3) is 0.304. The topological polar surface area (TPSA) is 79.5 Å². The van der Waals surface area contributed by atoms with Gasteiger partial charge in [0, 0.05) is 33.2 Å². The molecular formula is C23H25FN4O3. The van der Waals surface area contributed by atoms with E-state index in [1.165, 1.54) is 21.3 Å². The lowest BCUT2D eigenvalue weighted by atomic mass is 10.1. The molecule has 31 heavy (non-hydrogen) atoms. The molecular weight excluding hydrogens is 399 g/mol. The van der Waals surface area contributed by atoms with Gasteiger partial charge >= 0.3 is 5.69 Å². The number of hydrogen-bond donors (Lipinski definition) is 2. The summed E-state index contributed by atoms with van der Waals surface area (Å²) in [6.07, 6.45) is 0.431.